The van der Waals surface area contributed by atoms with Crippen molar-refractivity contribution >= 4 is 5.97 Å². The van der Waals surface area contributed by atoms with E-state index in [-0.39, 0.29) is 12.8 Å². The van der Waals surface area contributed by atoms with Crippen LogP contribution in [0.25, 0.3) is 0 Å². The molecule has 2 aromatic rings. The first-order valence-electron chi connectivity index (χ1n) is 7.97. The molecule has 0 amide bonds. The van der Waals surface area contributed by atoms with Crippen molar-refractivity contribution < 1.29 is 33.6 Å². The van der Waals surface area contributed by atoms with Gasteiger partial charge in [0.25, 0.3) is 0 Å². The van der Waals surface area contributed by atoms with Crippen molar-refractivity contribution in [3.05, 3.63) is 53.3 Å². The largest absolute Gasteiger partial charge is 0.493 e. The van der Waals surface area contributed by atoms with Crippen LogP contribution in [0.3, 0.4) is 0 Å². The van der Waals surface area contributed by atoms with Crippen LogP contribution >= 0.6 is 0 Å². The predicted octanol–water partition coefficient (Wildman–Crippen LogP) is 2.97. The molecule has 2 N–H and O–H groups in total. The normalized spacial score (nSPS) is 11.7. The second-order valence-electron chi connectivity index (χ2n) is 5.61. The van der Waals surface area contributed by atoms with Crippen LogP contribution in [-0.2, 0) is 11.2 Å². The van der Waals surface area contributed by atoms with E-state index in [1.807, 2.05) is 0 Å². The lowest BCUT2D eigenvalue weighted by atomic mass is 10.0. The van der Waals surface area contributed by atoms with E-state index >= 15 is 0 Å². The second-order valence-corrected chi connectivity index (χ2v) is 5.61. The Bertz CT molecular complexity index is 762. The number of aliphatic carboxylic acids is 1. The minimum absolute atomic E-state index is 0.273. The summed E-state index contributed by atoms with van der Waals surface area (Å²) in [6.45, 7) is -0.462. The first kappa shape index (κ1) is 19.5. The summed E-state index contributed by atoms with van der Waals surface area (Å²) in [6, 6.07) is 9.33. The molecule has 0 aromatic heterocycles. The van der Waals surface area contributed by atoms with E-state index in [1.165, 1.54) is 20.3 Å². The molecule has 0 heterocycles. The highest BCUT2D eigenvalue weighted by Gasteiger charge is 2.14. The zero-order chi connectivity index (χ0) is 19.1. The van der Waals surface area contributed by atoms with Gasteiger partial charge in [-0.1, -0.05) is 12.1 Å². The number of carbonyl (C=O) groups is 1. The molecule has 26 heavy (non-hydrogen) atoms. The summed E-state index contributed by atoms with van der Waals surface area (Å²) >= 11 is 0. The van der Waals surface area contributed by atoms with Gasteiger partial charge in [-0.15, -0.1) is 0 Å². The monoisotopic (exact) mass is 364 g/mol. The molecule has 2 aromatic carbocycles. The highest BCUT2D eigenvalue weighted by molar-refractivity contribution is 5.68. The molecule has 140 valence electrons. The van der Waals surface area contributed by atoms with E-state index in [4.69, 9.17) is 19.3 Å². The Labute approximate surface area is 150 Å². The number of carboxylic acids is 1. The first-order valence-corrected chi connectivity index (χ1v) is 7.97. The average Bonchev–Trinajstić information content (AvgIpc) is 2.65. The standard InChI is InChI=1S/C19H21FO6/c1-24-17-9-12(15(20)10-18(17)25-2)6-7-16(21)13-4-3-5-14(8-13)26-11-19(22)23/h3-5,8-10,16,21H,6-7,11H2,1-2H3,(H,22,23)/t16-/m1/s1. The fourth-order valence-electron chi connectivity index (χ4n) is 2.50. The molecule has 0 unspecified atom stereocenters. The number of aryl methyl sites for hydroxylation is 1. The van der Waals surface area contributed by atoms with Crippen LogP contribution in [0.2, 0.25) is 0 Å². The first-order chi connectivity index (χ1) is 12.4. The maximum absolute atomic E-state index is 14.2. The summed E-state index contributed by atoms with van der Waals surface area (Å²) in [5, 5.41) is 19.0. The number of halogens is 1. The number of methoxy groups -OCH3 is 2. The molecule has 6 nitrogen and oxygen atoms in total. The van der Waals surface area contributed by atoms with Crippen molar-refractivity contribution in [1.29, 1.82) is 0 Å². The van der Waals surface area contributed by atoms with Crippen LogP contribution in [0.1, 0.15) is 23.7 Å². The molecule has 0 radical (unpaired) electrons. The smallest absolute Gasteiger partial charge is 0.341 e. The Kier molecular flexibility index (Phi) is 6.80. The Morgan fingerprint density at radius 1 is 1.15 bits per heavy atom. The average molecular weight is 364 g/mol. The van der Waals surface area contributed by atoms with Crippen LogP contribution in [0.5, 0.6) is 17.2 Å². The molecule has 0 aliphatic rings. The number of aliphatic hydroxyl groups is 1. The molecule has 2 rings (SSSR count). The number of benzene rings is 2. The maximum atomic E-state index is 14.2. The Balaban J connectivity index is 2.05. The van der Waals surface area contributed by atoms with Crippen LogP contribution in [0.15, 0.2) is 36.4 Å². The van der Waals surface area contributed by atoms with Gasteiger partial charge in [-0.25, -0.2) is 9.18 Å². The lowest BCUT2D eigenvalue weighted by Crippen LogP contribution is -2.09. The summed E-state index contributed by atoms with van der Waals surface area (Å²) in [4.78, 5) is 10.6. The van der Waals surface area contributed by atoms with E-state index in [0.29, 0.717) is 28.4 Å². The number of rotatable bonds is 9. The molecular weight excluding hydrogens is 343 g/mol. The van der Waals surface area contributed by atoms with Gasteiger partial charge in [0.1, 0.15) is 11.6 Å². The van der Waals surface area contributed by atoms with Crippen LogP contribution in [0, 0.1) is 5.82 Å². The Morgan fingerprint density at radius 2 is 1.85 bits per heavy atom. The van der Waals surface area contributed by atoms with E-state index in [1.54, 1.807) is 30.3 Å². The molecule has 0 fully saturated rings. The van der Waals surface area contributed by atoms with Gasteiger partial charge in [-0.3, -0.25) is 0 Å². The third-order valence-corrected chi connectivity index (χ3v) is 3.84. The molecule has 0 saturated heterocycles. The number of aliphatic hydroxyl groups excluding tert-OH is 1. The molecule has 1 atom stereocenters. The maximum Gasteiger partial charge on any atom is 0.341 e. The van der Waals surface area contributed by atoms with Gasteiger partial charge in [0.2, 0.25) is 0 Å². The van der Waals surface area contributed by atoms with Crippen LogP contribution in [-0.4, -0.2) is 37.0 Å². The quantitative estimate of drug-likeness (QED) is 0.712. The van der Waals surface area contributed by atoms with Gasteiger partial charge in [-0.2, -0.15) is 0 Å². The van der Waals surface area contributed by atoms with Crippen molar-refractivity contribution in [2.75, 3.05) is 20.8 Å². The van der Waals surface area contributed by atoms with Crippen LogP contribution in [0.4, 0.5) is 4.39 Å². The number of ether oxygens (including phenoxy) is 3. The summed E-state index contributed by atoms with van der Waals surface area (Å²) < 4.78 is 29.5. The van der Waals surface area contributed by atoms with Crippen LogP contribution < -0.4 is 14.2 Å². The van der Waals surface area contributed by atoms with Gasteiger partial charge >= 0.3 is 5.97 Å². The van der Waals surface area contributed by atoms with E-state index < -0.39 is 24.5 Å². The SMILES string of the molecule is COc1cc(F)c(CC[C@@H](O)c2cccc(OCC(=O)O)c2)cc1OC. The zero-order valence-electron chi connectivity index (χ0n) is 14.6. The van der Waals surface area contributed by atoms with Gasteiger partial charge in [-0.05, 0) is 42.2 Å². The summed E-state index contributed by atoms with van der Waals surface area (Å²) in [5.41, 5.74) is 0.966. The fraction of sp³-hybridized carbons (Fsp3) is 0.316. The molecule has 0 spiro atoms. The lowest BCUT2D eigenvalue weighted by molar-refractivity contribution is -0.139. The van der Waals surface area contributed by atoms with E-state index in [9.17, 15) is 14.3 Å². The highest BCUT2D eigenvalue weighted by atomic mass is 19.1. The van der Waals surface area contributed by atoms with Gasteiger partial charge < -0.3 is 24.4 Å². The zero-order valence-corrected chi connectivity index (χ0v) is 14.6. The minimum atomic E-state index is -1.08. The molecule has 0 saturated carbocycles. The topological polar surface area (TPSA) is 85.2 Å². The third-order valence-electron chi connectivity index (χ3n) is 3.84. The molecule has 0 aliphatic heterocycles. The summed E-state index contributed by atoms with van der Waals surface area (Å²) in [7, 11) is 2.90. The number of hydrogen-bond donors (Lipinski definition) is 2. The van der Waals surface area contributed by atoms with Crippen molar-refractivity contribution in [2.24, 2.45) is 0 Å². The Morgan fingerprint density at radius 3 is 2.50 bits per heavy atom. The predicted molar refractivity (Wildman–Crippen MR) is 92.4 cm³/mol. The van der Waals surface area contributed by atoms with Gasteiger partial charge in [0.05, 0.1) is 20.3 Å². The Hall–Kier alpha value is -2.80. The minimum Gasteiger partial charge on any atom is -0.493 e. The number of carboxylic acid groups (broad SMARTS) is 1. The fourth-order valence-corrected chi connectivity index (χ4v) is 2.50. The highest BCUT2D eigenvalue weighted by Crippen LogP contribution is 2.31. The molecule has 0 aliphatic carbocycles. The van der Waals surface area contributed by atoms with E-state index in [2.05, 4.69) is 0 Å². The second kappa shape index (κ2) is 9.05. The van der Waals surface area contributed by atoms with E-state index in [0.717, 1.165) is 0 Å². The molecular formula is C19H21FO6. The number of hydrogen-bond acceptors (Lipinski definition) is 5. The molecule has 0 bridgehead atoms. The van der Waals surface area contributed by atoms with Gasteiger partial charge in [0.15, 0.2) is 18.1 Å². The van der Waals surface area contributed by atoms with Crippen molar-refractivity contribution in [3.8, 4) is 17.2 Å². The lowest BCUT2D eigenvalue weighted by Gasteiger charge is -2.14. The third kappa shape index (κ3) is 5.10. The summed E-state index contributed by atoms with van der Waals surface area (Å²) in [5.74, 6) is -0.449. The summed E-state index contributed by atoms with van der Waals surface area (Å²) in [6.07, 6.45) is -0.293. The van der Waals surface area contributed by atoms with Crippen molar-refractivity contribution in [1.82, 2.24) is 0 Å². The van der Waals surface area contributed by atoms with Gasteiger partial charge in [0, 0.05) is 6.07 Å². The molecule has 7 heteroatoms. The van der Waals surface area contributed by atoms with Crippen molar-refractivity contribution in [3.63, 3.8) is 0 Å². The van der Waals surface area contributed by atoms with Crippen molar-refractivity contribution in [2.45, 2.75) is 18.9 Å².